The fourth-order valence-corrected chi connectivity index (χ4v) is 1.35. The van der Waals surface area contributed by atoms with Crippen molar-refractivity contribution in [2.24, 2.45) is 5.92 Å². The number of aromatic carboxylic acids is 1. The number of nitrogens with one attached hydrogen (secondary N) is 1. The number of rotatable bonds is 8. The van der Waals surface area contributed by atoms with Gasteiger partial charge < -0.3 is 15.2 Å². The van der Waals surface area contributed by atoms with Crippen molar-refractivity contribution in [2.45, 2.75) is 20.3 Å². The van der Waals surface area contributed by atoms with Crippen LogP contribution in [0.4, 0.5) is 5.69 Å². The normalized spacial score (nSPS) is 10.6. The third-order valence-corrected chi connectivity index (χ3v) is 2.39. The maximum absolute atomic E-state index is 10.7. The van der Waals surface area contributed by atoms with E-state index in [1.54, 1.807) is 6.07 Å². The highest BCUT2D eigenvalue weighted by Crippen LogP contribution is 2.07. The molecule has 1 aromatic heterocycles. The largest absolute Gasteiger partial charge is 0.477 e. The van der Waals surface area contributed by atoms with Crippen molar-refractivity contribution in [1.82, 2.24) is 4.98 Å². The monoisotopic (exact) mass is 252 g/mol. The Morgan fingerprint density at radius 2 is 2.28 bits per heavy atom. The highest BCUT2D eigenvalue weighted by molar-refractivity contribution is 5.86. The van der Waals surface area contributed by atoms with Crippen LogP contribution in [0.3, 0.4) is 0 Å². The number of hydrogen-bond donors (Lipinski definition) is 2. The standard InChI is InChI=1S/C13H20N2O3/c1-10(2)4-7-18-8-6-14-11-3-5-15-12(9-11)13(16)17/h3,5,9-10H,4,6-8H2,1-2H3,(H,14,15)(H,16,17). The van der Waals surface area contributed by atoms with Crippen LogP contribution in [0.1, 0.15) is 30.8 Å². The Kier molecular flexibility index (Phi) is 6.14. The minimum atomic E-state index is -1.02. The number of nitrogens with zero attached hydrogens (tertiary/aromatic N) is 1. The fourth-order valence-electron chi connectivity index (χ4n) is 1.35. The van der Waals surface area contributed by atoms with Crippen LogP contribution in [0.2, 0.25) is 0 Å². The first-order valence-electron chi connectivity index (χ1n) is 6.10. The molecule has 0 aliphatic carbocycles. The molecule has 0 saturated heterocycles. The lowest BCUT2D eigenvalue weighted by atomic mass is 10.1. The summed E-state index contributed by atoms with van der Waals surface area (Å²) in [5, 5.41) is 11.9. The second kappa shape index (κ2) is 7.66. The van der Waals surface area contributed by atoms with Crippen LogP contribution in [-0.4, -0.2) is 35.8 Å². The molecule has 0 amide bonds. The van der Waals surface area contributed by atoms with Gasteiger partial charge in [-0.25, -0.2) is 9.78 Å². The topological polar surface area (TPSA) is 71.5 Å². The van der Waals surface area contributed by atoms with E-state index in [4.69, 9.17) is 9.84 Å². The van der Waals surface area contributed by atoms with Gasteiger partial charge >= 0.3 is 5.97 Å². The molecule has 2 N–H and O–H groups in total. The van der Waals surface area contributed by atoms with E-state index in [0.717, 1.165) is 18.7 Å². The molecular formula is C13H20N2O3. The minimum Gasteiger partial charge on any atom is -0.477 e. The third kappa shape index (κ3) is 5.63. The van der Waals surface area contributed by atoms with Crippen LogP contribution < -0.4 is 5.32 Å². The summed E-state index contributed by atoms with van der Waals surface area (Å²) < 4.78 is 5.45. The van der Waals surface area contributed by atoms with Crippen molar-refractivity contribution in [3.05, 3.63) is 24.0 Å². The molecule has 1 rings (SSSR count). The second-order valence-corrected chi connectivity index (χ2v) is 4.46. The van der Waals surface area contributed by atoms with Gasteiger partial charge in [0.25, 0.3) is 0 Å². The molecule has 100 valence electrons. The van der Waals surface area contributed by atoms with Gasteiger partial charge in [0.2, 0.25) is 0 Å². The smallest absolute Gasteiger partial charge is 0.354 e. The highest BCUT2D eigenvalue weighted by Gasteiger charge is 2.04. The van der Waals surface area contributed by atoms with E-state index < -0.39 is 5.97 Å². The van der Waals surface area contributed by atoms with E-state index in [0.29, 0.717) is 19.1 Å². The first-order chi connectivity index (χ1) is 8.59. The van der Waals surface area contributed by atoms with Gasteiger partial charge in [0.05, 0.1) is 6.61 Å². The molecule has 0 saturated carbocycles. The molecule has 0 bridgehead atoms. The van der Waals surface area contributed by atoms with Crippen molar-refractivity contribution in [1.29, 1.82) is 0 Å². The molecule has 0 aliphatic heterocycles. The van der Waals surface area contributed by atoms with Crippen LogP contribution in [0, 0.1) is 5.92 Å². The minimum absolute atomic E-state index is 0.0423. The molecule has 0 aliphatic rings. The van der Waals surface area contributed by atoms with Gasteiger partial charge in [-0.2, -0.15) is 0 Å². The van der Waals surface area contributed by atoms with Crippen LogP contribution in [0.5, 0.6) is 0 Å². The van der Waals surface area contributed by atoms with Gasteiger partial charge in [-0.3, -0.25) is 0 Å². The molecule has 0 spiro atoms. The molecule has 5 heteroatoms. The van der Waals surface area contributed by atoms with E-state index in [-0.39, 0.29) is 5.69 Å². The SMILES string of the molecule is CC(C)CCOCCNc1ccnc(C(=O)O)c1. The number of ether oxygens (including phenoxy) is 1. The van der Waals surface area contributed by atoms with Crippen molar-refractivity contribution in [3.63, 3.8) is 0 Å². The van der Waals surface area contributed by atoms with Crippen molar-refractivity contribution >= 4 is 11.7 Å². The molecule has 0 radical (unpaired) electrons. The zero-order chi connectivity index (χ0) is 13.4. The zero-order valence-electron chi connectivity index (χ0n) is 10.8. The summed E-state index contributed by atoms with van der Waals surface area (Å²) >= 11 is 0. The number of carbonyl (C=O) groups is 1. The Balaban J connectivity index is 2.23. The van der Waals surface area contributed by atoms with Crippen LogP contribution in [0.25, 0.3) is 0 Å². The van der Waals surface area contributed by atoms with Gasteiger partial charge in [-0.15, -0.1) is 0 Å². The van der Waals surface area contributed by atoms with Crippen LogP contribution >= 0.6 is 0 Å². The number of aromatic nitrogens is 1. The van der Waals surface area contributed by atoms with Gasteiger partial charge in [0, 0.05) is 25.0 Å². The lowest BCUT2D eigenvalue weighted by Crippen LogP contribution is -2.11. The Morgan fingerprint density at radius 3 is 2.94 bits per heavy atom. The summed E-state index contributed by atoms with van der Waals surface area (Å²) in [6.07, 6.45) is 2.53. The number of anilines is 1. The van der Waals surface area contributed by atoms with E-state index in [1.165, 1.54) is 12.3 Å². The summed E-state index contributed by atoms with van der Waals surface area (Å²) in [7, 11) is 0. The Morgan fingerprint density at radius 1 is 1.50 bits per heavy atom. The van der Waals surface area contributed by atoms with Gasteiger partial charge in [-0.05, 0) is 24.5 Å². The average Bonchev–Trinajstić information content (AvgIpc) is 2.33. The molecule has 0 fully saturated rings. The van der Waals surface area contributed by atoms with Gasteiger partial charge in [-0.1, -0.05) is 13.8 Å². The van der Waals surface area contributed by atoms with E-state index in [2.05, 4.69) is 24.1 Å². The molecule has 0 unspecified atom stereocenters. The summed E-state index contributed by atoms with van der Waals surface area (Å²) in [5.74, 6) is -0.372. The molecule has 18 heavy (non-hydrogen) atoms. The quantitative estimate of drug-likeness (QED) is 0.694. The molecule has 1 heterocycles. The number of hydrogen-bond acceptors (Lipinski definition) is 4. The maximum atomic E-state index is 10.7. The lowest BCUT2D eigenvalue weighted by Gasteiger charge is -2.08. The maximum Gasteiger partial charge on any atom is 0.354 e. The summed E-state index contributed by atoms with van der Waals surface area (Å²) in [6.45, 7) is 6.34. The summed E-state index contributed by atoms with van der Waals surface area (Å²) in [4.78, 5) is 14.5. The van der Waals surface area contributed by atoms with Crippen molar-refractivity contribution in [2.75, 3.05) is 25.1 Å². The Labute approximate surface area is 107 Å². The van der Waals surface area contributed by atoms with Crippen LogP contribution in [-0.2, 0) is 4.74 Å². The Hall–Kier alpha value is -1.62. The van der Waals surface area contributed by atoms with Gasteiger partial charge in [0.1, 0.15) is 5.69 Å². The van der Waals surface area contributed by atoms with Crippen molar-refractivity contribution in [3.8, 4) is 0 Å². The Bertz CT molecular complexity index is 380. The lowest BCUT2D eigenvalue weighted by molar-refractivity contribution is 0.0690. The number of carboxylic acid groups (broad SMARTS) is 1. The van der Waals surface area contributed by atoms with Crippen LogP contribution in [0.15, 0.2) is 18.3 Å². The third-order valence-electron chi connectivity index (χ3n) is 2.39. The highest BCUT2D eigenvalue weighted by atomic mass is 16.5. The predicted molar refractivity (Wildman–Crippen MR) is 70.0 cm³/mol. The second-order valence-electron chi connectivity index (χ2n) is 4.46. The summed E-state index contributed by atoms with van der Waals surface area (Å²) in [6, 6.07) is 3.25. The fraction of sp³-hybridized carbons (Fsp3) is 0.538. The molecule has 0 atom stereocenters. The molecule has 5 nitrogen and oxygen atoms in total. The zero-order valence-corrected chi connectivity index (χ0v) is 10.8. The van der Waals surface area contributed by atoms with E-state index in [1.807, 2.05) is 0 Å². The van der Waals surface area contributed by atoms with Crippen molar-refractivity contribution < 1.29 is 14.6 Å². The average molecular weight is 252 g/mol. The van der Waals surface area contributed by atoms with Gasteiger partial charge in [0.15, 0.2) is 0 Å². The molecule has 0 aromatic carbocycles. The molecular weight excluding hydrogens is 232 g/mol. The van der Waals surface area contributed by atoms with E-state index in [9.17, 15) is 4.79 Å². The molecule has 1 aromatic rings. The summed E-state index contributed by atoms with van der Waals surface area (Å²) in [5.41, 5.74) is 0.788. The number of pyridine rings is 1. The number of carboxylic acids is 1. The first kappa shape index (κ1) is 14.4. The van der Waals surface area contributed by atoms with E-state index >= 15 is 0 Å². The predicted octanol–water partition coefficient (Wildman–Crippen LogP) is 2.25. The first-order valence-corrected chi connectivity index (χ1v) is 6.10.